The zero-order valence-corrected chi connectivity index (χ0v) is 8.01. The fourth-order valence-electron chi connectivity index (χ4n) is 1.43. The summed E-state index contributed by atoms with van der Waals surface area (Å²) in [5.74, 6) is 0. The van der Waals surface area contributed by atoms with E-state index in [-0.39, 0.29) is 0 Å². The Morgan fingerprint density at radius 1 is 1.21 bits per heavy atom. The van der Waals surface area contributed by atoms with Gasteiger partial charge in [0.1, 0.15) is 12.7 Å². The minimum atomic E-state index is 0.842. The van der Waals surface area contributed by atoms with E-state index in [1.54, 1.807) is 12.7 Å². The maximum absolute atomic E-state index is 3.79. The fraction of sp³-hybridized carbons (Fsp3) is 0.200. The molecule has 0 fully saturated rings. The summed E-state index contributed by atoms with van der Waals surface area (Å²) in [5, 5.41) is 10.7. The Labute approximate surface area is 82.6 Å². The molecule has 0 radical (unpaired) electrons. The van der Waals surface area contributed by atoms with Gasteiger partial charge in [0.2, 0.25) is 0 Å². The second kappa shape index (κ2) is 4.02. The van der Waals surface area contributed by atoms with Crippen LogP contribution < -0.4 is 5.32 Å². The molecule has 14 heavy (non-hydrogen) atoms. The summed E-state index contributed by atoms with van der Waals surface area (Å²) in [6, 6.07) is 8.18. The lowest BCUT2D eigenvalue weighted by Gasteiger charge is -2.08. The summed E-state index contributed by atoms with van der Waals surface area (Å²) >= 11 is 0. The van der Waals surface area contributed by atoms with Crippen LogP contribution in [0.25, 0.3) is 5.69 Å². The number of aromatic nitrogens is 3. The van der Waals surface area contributed by atoms with Crippen molar-refractivity contribution in [2.45, 2.75) is 6.54 Å². The molecular weight excluding hydrogens is 176 g/mol. The van der Waals surface area contributed by atoms with Gasteiger partial charge in [-0.2, -0.15) is 0 Å². The predicted molar refractivity (Wildman–Crippen MR) is 54.1 cm³/mol. The van der Waals surface area contributed by atoms with Gasteiger partial charge in [-0.25, -0.2) is 0 Å². The highest BCUT2D eigenvalue weighted by atomic mass is 15.2. The molecule has 1 aromatic carbocycles. The molecule has 0 aliphatic heterocycles. The van der Waals surface area contributed by atoms with Crippen molar-refractivity contribution in [3.63, 3.8) is 0 Å². The van der Waals surface area contributed by atoms with E-state index >= 15 is 0 Å². The van der Waals surface area contributed by atoms with Gasteiger partial charge in [0.15, 0.2) is 0 Å². The molecule has 0 saturated carbocycles. The van der Waals surface area contributed by atoms with Crippen LogP contribution in [-0.4, -0.2) is 21.8 Å². The molecule has 0 amide bonds. The Balaban J connectivity index is 2.42. The highest BCUT2D eigenvalue weighted by Gasteiger charge is 2.01. The second-order valence-corrected chi connectivity index (χ2v) is 3.03. The molecule has 1 heterocycles. The van der Waals surface area contributed by atoms with Crippen LogP contribution in [0, 0.1) is 0 Å². The lowest BCUT2D eigenvalue weighted by molar-refractivity contribution is 0.807. The molecule has 1 aromatic heterocycles. The molecule has 4 heteroatoms. The monoisotopic (exact) mass is 188 g/mol. The van der Waals surface area contributed by atoms with Gasteiger partial charge in [0, 0.05) is 6.54 Å². The van der Waals surface area contributed by atoms with Crippen LogP contribution in [0.4, 0.5) is 0 Å². The summed E-state index contributed by atoms with van der Waals surface area (Å²) in [6.07, 6.45) is 3.41. The summed E-state index contributed by atoms with van der Waals surface area (Å²) in [7, 11) is 1.93. The van der Waals surface area contributed by atoms with Gasteiger partial charge in [-0.1, -0.05) is 18.2 Å². The largest absolute Gasteiger partial charge is 0.316 e. The second-order valence-electron chi connectivity index (χ2n) is 3.03. The first-order valence-electron chi connectivity index (χ1n) is 4.49. The van der Waals surface area contributed by atoms with Crippen molar-refractivity contribution in [1.29, 1.82) is 0 Å². The number of nitrogens with one attached hydrogen (secondary N) is 1. The maximum Gasteiger partial charge on any atom is 0.123 e. The van der Waals surface area contributed by atoms with Crippen LogP contribution in [0.15, 0.2) is 36.9 Å². The van der Waals surface area contributed by atoms with Crippen molar-refractivity contribution in [3.05, 3.63) is 42.5 Å². The molecule has 0 spiro atoms. The van der Waals surface area contributed by atoms with Gasteiger partial charge in [0.05, 0.1) is 5.69 Å². The van der Waals surface area contributed by atoms with E-state index < -0.39 is 0 Å². The van der Waals surface area contributed by atoms with Gasteiger partial charge in [-0.05, 0) is 18.7 Å². The quantitative estimate of drug-likeness (QED) is 0.781. The Morgan fingerprint density at radius 2 is 1.93 bits per heavy atom. The van der Waals surface area contributed by atoms with Crippen LogP contribution >= 0.6 is 0 Å². The summed E-state index contributed by atoms with van der Waals surface area (Å²) in [4.78, 5) is 0. The predicted octanol–water partition coefficient (Wildman–Crippen LogP) is 0.987. The molecular formula is C10H12N4. The van der Waals surface area contributed by atoms with Gasteiger partial charge in [-0.15, -0.1) is 10.2 Å². The van der Waals surface area contributed by atoms with Crippen LogP contribution in [-0.2, 0) is 6.54 Å². The first kappa shape index (κ1) is 8.90. The molecule has 0 aliphatic carbocycles. The number of benzene rings is 1. The van der Waals surface area contributed by atoms with Crippen molar-refractivity contribution in [1.82, 2.24) is 20.1 Å². The lowest BCUT2D eigenvalue weighted by atomic mass is 10.2. The third-order valence-corrected chi connectivity index (χ3v) is 2.06. The van der Waals surface area contributed by atoms with Gasteiger partial charge < -0.3 is 5.32 Å². The molecule has 0 unspecified atom stereocenters. The number of hydrogen-bond donors (Lipinski definition) is 1. The molecule has 0 atom stereocenters. The van der Waals surface area contributed by atoms with Gasteiger partial charge in [0.25, 0.3) is 0 Å². The van der Waals surface area contributed by atoms with E-state index in [1.807, 2.05) is 23.7 Å². The molecule has 1 N–H and O–H groups in total. The smallest absolute Gasteiger partial charge is 0.123 e. The van der Waals surface area contributed by atoms with Crippen LogP contribution in [0.5, 0.6) is 0 Å². The summed E-state index contributed by atoms with van der Waals surface area (Å²) in [5.41, 5.74) is 2.35. The Morgan fingerprint density at radius 3 is 2.64 bits per heavy atom. The third kappa shape index (κ3) is 1.65. The highest BCUT2D eigenvalue weighted by Crippen LogP contribution is 2.12. The SMILES string of the molecule is CNCc1ccccc1-n1cnnc1. The van der Waals surface area contributed by atoms with E-state index in [1.165, 1.54) is 5.56 Å². The summed E-state index contributed by atoms with van der Waals surface area (Å²) < 4.78 is 1.91. The Bertz CT molecular complexity index is 394. The number of hydrogen-bond acceptors (Lipinski definition) is 3. The molecule has 0 saturated heterocycles. The molecule has 2 aromatic rings. The third-order valence-electron chi connectivity index (χ3n) is 2.06. The molecule has 0 bridgehead atoms. The maximum atomic E-state index is 3.79. The van der Waals surface area contributed by atoms with Gasteiger partial charge in [-0.3, -0.25) is 4.57 Å². The zero-order valence-electron chi connectivity index (χ0n) is 8.01. The number of para-hydroxylation sites is 1. The lowest BCUT2D eigenvalue weighted by Crippen LogP contribution is -2.08. The average Bonchev–Trinajstić information content (AvgIpc) is 2.72. The number of rotatable bonds is 3. The standard InChI is InChI=1S/C10H12N4/c1-11-6-9-4-2-3-5-10(9)14-7-12-13-8-14/h2-5,7-8,11H,6H2,1H3. The first-order valence-corrected chi connectivity index (χ1v) is 4.49. The Hall–Kier alpha value is -1.68. The fourth-order valence-corrected chi connectivity index (χ4v) is 1.43. The van der Waals surface area contributed by atoms with E-state index in [9.17, 15) is 0 Å². The molecule has 72 valence electrons. The number of nitrogens with zero attached hydrogens (tertiary/aromatic N) is 3. The van der Waals surface area contributed by atoms with Crippen molar-refractivity contribution in [3.8, 4) is 5.69 Å². The molecule has 2 rings (SSSR count). The van der Waals surface area contributed by atoms with E-state index in [2.05, 4.69) is 27.6 Å². The van der Waals surface area contributed by atoms with E-state index in [0.29, 0.717) is 0 Å². The minimum Gasteiger partial charge on any atom is -0.316 e. The Kier molecular flexibility index (Phi) is 2.55. The highest BCUT2D eigenvalue weighted by molar-refractivity contribution is 5.40. The topological polar surface area (TPSA) is 42.7 Å². The van der Waals surface area contributed by atoms with Crippen LogP contribution in [0.3, 0.4) is 0 Å². The summed E-state index contributed by atoms with van der Waals surface area (Å²) in [6.45, 7) is 0.842. The van der Waals surface area contributed by atoms with Crippen molar-refractivity contribution < 1.29 is 0 Å². The van der Waals surface area contributed by atoms with Crippen LogP contribution in [0.1, 0.15) is 5.56 Å². The minimum absolute atomic E-state index is 0.842. The molecule has 0 aliphatic rings. The average molecular weight is 188 g/mol. The van der Waals surface area contributed by atoms with Gasteiger partial charge >= 0.3 is 0 Å². The van der Waals surface area contributed by atoms with E-state index in [0.717, 1.165) is 12.2 Å². The van der Waals surface area contributed by atoms with E-state index in [4.69, 9.17) is 0 Å². The normalized spacial score (nSPS) is 10.4. The van der Waals surface area contributed by atoms with Crippen molar-refractivity contribution >= 4 is 0 Å². The first-order chi connectivity index (χ1) is 6.92. The van der Waals surface area contributed by atoms with Crippen LogP contribution in [0.2, 0.25) is 0 Å². The zero-order chi connectivity index (χ0) is 9.80. The molecule has 4 nitrogen and oxygen atoms in total. The van der Waals surface area contributed by atoms with Crippen molar-refractivity contribution in [2.24, 2.45) is 0 Å². The van der Waals surface area contributed by atoms with Crippen molar-refractivity contribution in [2.75, 3.05) is 7.05 Å².